The molecule has 2 aromatic carbocycles. The molecule has 1 aliphatic rings. The Morgan fingerprint density at radius 1 is 1.00 bits per heavy atom. The molecule has 0 spiro atoms. The lowest BCUT2D eigenvalue weighted by Gasteiger charge is -2.21. The molecule has 6 nitrogen and oxygen atoms in total. The fourth-order valence-electron chi connectivity index (χ4n) is 3.27. The first-order chi connectivity index (χ1) is 13.1. The molecular weight excluding hydrogens is 340 g/mol. The van der Waals surface area contributed by atoms with Crippen LogP contribution in [0.2, 0.25) is 0 Å². The topological polar surface area (TPSA) is 73.5 Å². The lowest BCUT2D eigenvalue weighted by atomic mass is 10.1. The van der Waals surface area contributed by atoms with Gasteiger partial charge in [0.05, 0.1) is 5.56 Å². The maximum Gasteiger partial charge on any atom is 0.319 e. The summed E-state index contributed by atoms with van der Waals surface area (Å²) in [6.45, 7) is 6.36. The average Bonchev–Trinajstić information content (AvgIpc) is 3.16. The molecule has 1 saturated heterocycles. The monoisotopic (exact) mass is 366 g/mol. The minimum Gasteiger partial charge on any atom is -0.371 e. The van der Waals surface area contributed by atoms with E-state index in [0.29, 0.717) is 23.5 Å². The summed E-state index contributed by atoms with van der Waals surface area (Å²) in [5.41, 5.74) is 3.98. The first-order valence-electron chi connectivity index (χ1n) is 9.38. The summed E-state index contributed by atoms with van der Waals surface area (Å²) in [5.74, 6) is -0.143. The van der Waals surface area contributed by atoms with Crippen molar-refractivity contribution in [3.8, 4) is 0 Å². The van der Waals surface area contributed by atoms with E-state index in [4.69, 9.17) is 0 Å². The summed E-state index contributed by atoms with van der Waals surface area (Å²) in [5, 5.41) is 8.39. The molecule has 1 fully saturated rings. The van der Waals surface area contributed by atoms with Gasteiger partial charge in [-0.05, 0) is 57.0 Å². The van der Waals surface area contributed by atoms with Crippen LogP contribution < -0.4 is 20.9 Å². The summed E-state index contributed by atoms with van der Waals surface area (Å²) < 4.78 is 0. The predicted molar refractivity (Wildman–Crippen MR) is 110 cm³/mol. The van der Waals surface area contributed by atoms with Gasteiger partial charge in [-0.1, -0.05) is 17.7 Å². The average molecular weight is 366 g/mol. The standard InChI is InChI=1S/C21H26N4O2/c1-3-22-21(27)24-17-8-6-7-16(14-17)23-20(26)18-13-15(2)9-10-19(18)25-11-4-5-12-25/h6-10,13-14H,3-5,11-12H2,1-2H3,(H,23,26)(H2,22,24,27). The normalized spacial score (nSPS) is 13.3. The molecule has 27 heavy (non-hydrogen) atoms. The zero-order chi connectivity index (χ0) is 19.2. The maximum absolute atomic E-state index is 12.9. The van der Waals surface area contributed by atoms with Crippen molar-refractivity contribution < 1.29 is 9.59 Å². The van der Waals surface area contributed by atoms with E-state index in [9.17, 15) is 9.59 Å². The molecule has 6 heteroatoms. The van der Waals surface area contributed by atoms with E-state index >= 15 is 0 Å². The van der Waals surface area contributed by atoms with Crippen molar-refractivity contribution in [1.82, 2.24) is 5.32 Å². The number of rotatable bonds is 5. The number of urea groups is 1. The Morgan fingerprint density at radius 2 is 1.70 bits per heavy atom. The van der Waals surface area contributed by atoms with Crippen LogP contribution in [-0.4, -0.2) is 31.6 Å². The Bertz CT molecular complexity index is 829. The van der Waals surface area contributed by atoms with Crippen LogP contribution in [0.1, 0.15) is 35.7 Å². The van der Waals surface area contributed by atoms with E-state index in [1.807, 2.05) is 38.1 Å². The van der Waals surface area contributed by atoms with Crippen LogP contribution in [0.3, 0.4) is 0 Å². The highest BCUT2D eigenvalue weighted by Gasteiger charge is 2.20. The molecule has 0 aromatic heterocycles. The van der Waals surface area contributed by atoms with Gasteiger partial charge in [-0.15, -0.1) is 0 Å². The number of hydrogen-bond donors (Lipinski definition) is 3. The summed E-state index contributed by atoms with van der Waals surface area (Å²) in [7, 11) is 0. The number of anilines is 3. The lowest BCUT2D eigenvalue weighted by molar-refractivity contribution is 0.102. The number of nitrogens with one attached hydrogen (secondary N) is 3. The van der Waals surface area contributed by atoms with E-state index in [0.717, 1.165) is 37.2 Å². The molecule has 0 unspecified atom stereocenters. The van der Waals surface area contributed by atoms with Gasteiger partial charge >= 0.3 is 6.03 Å². The van der Waals surface area contributed by atoms with Crippen molar-refractivity contribution in [1.29, 1.82) is 0 Å². The van der Waals surface area contributed by atoms with Crippen LogP contribution in [0, 0.1) is 6.92 Å². The van der Waals surface area contributed by atoms with Gasteiger partial charge in [0.2, 0.25) is 0 Å². The van der Waals surface area contributed by atoms with E-state index < -0.39 is 0 Å². The van der Waals surface area contributed by atoms with Crippen LogP contribution >= 0.6 is 0 Å². The third-order valence-electron chi connectivity index (χ3n) is 4.56. The molecule has 3 rings (SSSR count). The van der Waals surface area contributed by atoms with Gasteiger partial charge in [-0.3, -0.25) is 4.79 Å². The third kappa shape index (κ3) is 4.78. The van der Waals surface area contributed by atoms with Crippen molar-refractivity contribution in [2.75, 3.05) is 35.2 Å². The van der Waals surface area contributed by atoms with Crippen LogP contribution in [0.5, 0.6) is 0 Å². The highest BCUT2D eigenvalue weighted by atomic mass is 16.2. The second kappa shape index (κ2) is 8.58. The molecule has 0 saturated carbocycles. The Hall–Kier alpha value is -3.02. The van der Waals surface area contributed by atoms with Crippen molar-refractivity contribution in [2.45, 2.75) is 26.7 Å². The predicted octanol–water partition coefficient (Wildman–Crippen LogP) is 3.99. The summed E-state index contributed by atoms with van der Waals surface area (Å²) in [6, 6.07) is 12.9. The van der Waals surface area contributed by atoms with Gasteiger partial charge < -0.3 is 20.9 Å². The fourth-order valence-corrected chi connectivity index (χ4v) is 3.27. The largest absolute Gasteiger partial charge is 0.371 e. The Morgan fingerprint density at radius 3 is 2.41 bits per heavy atom. The van der Waals surface area contributed by atoms with Crippen molar-refractivity contribution in [2.24, 2.45) is 0 Å². The zero-order valence-corrected chi connectivity index (χ0v) is 15.8. The number of carbonyl (C=O) groups is 2. The van der Waals surface area contributed by atoms with E-state index in [1.165, 1.54) is 0 Å². The SMILES string of the molecule is CCNC(=O)Nc1cccc(NC(=O)c2cc(C)ccc2N2CCCC2)c1. The van der Waals surface area contributed by atoms with Gasteiger partial charge in [-0.25, -0.2) is 4.79 Å². The van der Waals surface area contributed by atoms with Crippen LogP contribution in [0.4, 0.5) is 21.9 Å². The molecule has 3 amide bonds. The number of amides is 3. The molecule has 3 N–H and O–H groups in total. The third-order valence-corrected chi connectivity index (χ3v) is 4.56. The van der Waals surface area contributed by atoms with Crippen molar-refractivity contribution >= 4 is 29.0 Å². The molecule has 2 aromatic rings. The summed E-state index contributed by atoms with van der Waals surface area (Å²) >= 11 is 0. The van der Waals surface area contributed by atoms with Gasteiger partial charge in [0, 0.05) is 36.7 Å². The highest BCUT2D eigenvalue weighted by molar-refractivity contribution is 6.08. The van der Waals surface area contributed by atoms with Crippen LogP contribution in [0.15, 0.2) is 42.5 Å². The Kier molecular flexibility index (Phi) is 5.96. The Labute approximate surface area is 159 Å². The van der Waals surface area contributed by atoms with Crippen LogP contribution in [0.25, 0.3) is 0 Å². The lowest BCUT2D eigenvalue weighted by Crippen LogP contribution is -2.28. The molecule has 0 bridgehead atoms. The summed E-state index contributed by atoms with van der Waals surface area (Å²) in [4.78, 5) is 26.9. The van der Waals surface area contributed by atoms with Crippen LogP contribution in [-0.2, 0) is 0 Å². The smallest absolute Gasteiger partial charge is 0.319 e. The minimum absolute atomic E-state index is 0.143. The zero-order valence-electron chi connectivity index (χ0n) is 15.8. The molecular formula is C21H26N4O2. The first kappa shape index (κ1) is 18.8. The van der Waals surface area contributed by atoms with Crippen molar-refractivity contribution in [3.05, 3.63) is 53.6 Å². The second-order valence-corrected chi connectivity index (χ2v) is 6.73. The van der Waals surface area contributed by atoms with Gasteiger partial charge in [0.1, 0.15) is 0 Å². The molecule has 0 atom stereocenters. The first-order valence-corrected chi connectivity index (χ1v) is 9.38. The van der Waals surface area contributed by atoms with Crippen molar-refractivity contribution in [3.63, 3.8) is 0 Å². The fraction of sp³-hybridized carbons (Fsp3) is 0.333. The highest BCUT2D eigenvalue weighted by Crippen LogP contribution is 2.27. The van der Waals surface area contributed by atoms with E-state index in [-0.39, 0.29) is 11.9 Å². The minimum atomic E-state index is -0.268. The number of carbonyl (C=O) groups excluding carboxylic acids is 2. The number of hydrogen-bond acceptors (Lipinski definition) is 3. The summed E-state index contributed by atoms with van der Waals surface area (Å²) in [6.07, 6.45) is 2.31. The number of nitrogens with zero attached hydrogens (tertiary/aromatic N) is 1. The quantitative estimate of drug-likeness (QED) is 0.749. The molecule has 0 aliphatic carbocycles. The second-order valence-electron chi connectivity index (χ2n) is 6.73. The van der Waals surface area contributed by atoms with Gasteiger partial charge in [-0.2, -0.15) is 0 Å². The molecule has 0 radical (unpaired) electrons. The molecule has 1 aliphatic heterocycles. The number of aryl methyl sites for hydroxylation is 1. The maximum atomic E-state index is 12.9. The van der Waals surface area contributed by atoms with E-state index in [1.54, 1.807) is 18.2 Å². The number of benzene rings is 2. The van der Waals surface area contributed by atoms with E-state index in [2.05, 4.69) is 20.9 Å². The van der Waals surface area contributed by atoms with Gasteiger partial charge in [0.15, 0.2) is 0 Å². The molecule has 142 valence electrons. The van der Waals surface area contributed by atoms with Gasteiger partial charge in [0.25, 0.3) is 5.91 Å². The molecule has 1 heterocycles. The Balaban J connectivity index is 1.77.